The van der Waals surface area contributed by atoms with Crippen LogP contribution in [0.15, 0.2) is 54.9 Å². The summed E-state index contributed by atoms with van der Waals surface area (Å²) in [5.41, 5.74) is 2.53. The van der Waals surface area contributed by atoms with Gasteiger partial charge in [0.2, 0.25) is 5.91 Å². The average Bonchev–Trinajstić information content (AvgIpc) is 3.28. The largest absolute Gasteiger partial charge is 0.326 e. The van der Waals surface area contributed by atoms with Crippen molar-refractivity contribution < 1.29 is 9.59 Å². The Balaban J connectivity index is 1.53. The summed E-state index contributed by atoms with van der Waals surface area (Å²) in [5, 5.41) is 13.7. The minimum atomic E-state index is -0.255. The molecule has 2 atom stereocenters. The maximum atomic E-state index is 12.8. The molecule has 0 radical (unpaired) electrons. The van der Waals surface area contributed by atoms with Crippen LogP contribution in [0, 0.1) is 18.8 Å². The molecule has 0 aliphatic heterocycles. The summed E-state index contributed by atoms with van der Waals surface area (Å²) < 4.78 is 1.81. The van der Waals surface area contributed by atoms with E-state index in [1.807, 2.05) is 35.8 Å². The number of amides is 2. The second-order valence-corrected chi connectivity index (χ2v) is 7.11. The number of rotatable bonds is 5. The predicted octanol–water partition coefficient (Wildman–Crippen LogP) is 3.42. The second kappa shape index (κ2) is 7.26. The minimum Gasteiger partial charge on any atom is -0.326 e. The van der Waals surface area contributed by atoms with E-state index in [2.05, 4.69) is 27.8 Å². The van der Waals surface area contributed by atoms with Crippen molar-refractivity contribution in [2.75, 3.05) is 10.6 Å². The van der Waals surface area contributed by atoms with Gasteiger partial charge in [0.15, 0.2) is 0 Å². The number of nitrogens with one attached hydrogen (secondary N) is 2. The second-order valence-electron chi connectivity index (χ2n) is 7.11. The van der Waals surface area contributed by atoms with Crippen LogP contribution in [0.4, 0.5) is 11.4 Å². The molecule has 4 rings (SSSR count). The van der Waals surface area contributed by atoms with E-state index in [1.54, 1.807) is 30.6 Å². The van der Waals surface area contributed by atoms with Crippen molar-refractivity contribution >= 4 is 23.2 Å². The zero-order valence-electron chi connectivity index (χ0n) is 15.7. The molecule has 0 bridgehead atoms. The van der Waals surface area contributed by atoms with Gasteiger partial charge in [-0.25, -0.2) is 0 Å². The van der Waals surface area contributed by atoms with Gasteiger partial charge in [0.1, 0.15) is 12.2 Å². The lowest BCUT2D eigenvalue weighted by molar-refractivity contribution is -0.117. The van der Waals surface area contributed by atoms with Gasteiger partial charge in [0.25, 0.3) is 5.91 Å². The smallest absolute Gasteiger partial charge is 0.255 e. The van der Waals surface area contributed by atoms with Gasteiger partial charge in [0, 0.05) is 17.2 Å². The highest BCUT2D eigenvalue weighted by Gasteiger charge is 2.39. The molecule has 7 nitrogen and oxygen atoms in total. The van der Waals surface area contributed by atoms with Crippen LogP contribution in [0.2, 0.25) is 0 Å². The number of nitrogens with zero attached hydrogens (tertiary/aromatic N) is 3. The van der Waals surface area contributed by atoms with E-state index in [0.29, 0.717) is 22.9 Å². The fraction of sp³-hybridized carbons (Fsp3) is 0.238. The van der Waals surface area contributed by atoms with E-state index < -0.39 is 0 Å². The molecule has 0 saturated heterocycles. The van der Waals surface area contributed by atoms with Crippen LogP contribution in [0.5, 0.6) is 0 Å². The van der Waals surface area contributed by atoms with E-state index in [4.69, 9.17) is 0 Å². The van der Waals surface area contributed by atoms with Crippen molar-refractivity contribution in [1.29, 1.82) is 0 Å². The fourth-order valence-electron chi connectivity index (χ4n) is 3.17. The Bertz CT molecular complexity index is 1040. The number of aryl methyl sites for hydroxylation is 1. The number of hydrogen-bond acceptors (Lipinski definition) is 4. The topological polar surface area (TPSA) is 88.9 Å². The molecule has 2 unspecified atom stereocenters. The third kappa shape index (κ3) is 3.64. The Morgan fingerprint density at radius 3 is 2.61 bits per heavy atom. The SMILES string of the molecule is Cc1nncn1-c1ccccc1NC(=O)c1cccc(NC(=O)C2CC2C)c1. The van der Waals surface area contributed by atoms with Crippen molar-refractivity contribution in [2.24, 2.45) is 11.8 Å². The van der Waals surface area contributed by atoms with Gasteiger partial charge in [-0.2, -0.15) is 0 Å². The van der Waals surface area contributed by atoms with Gasteiger partial charge < -0.3 is 10.6 Å². The number of para-hydroxylation sites is 2. The quantitative estimate of drug-likeness (QED) is 0.715. The number of carbonyl (C=O) groups excluding carboxylic acids is 2. The highest BCUT2D eigenvalue weighted by molar-refractivity contribution is 6.06. The first-order chi connectivity index (χ1) is 13.5. The molecule has 2 N–H and O–H groups in total. The van der Waals surface area contributed by atoms with Gasteiger partial charge in [-0.15, -0.1) is 10.2 Å². The van der Waals surface area contributed by atoms with Crippen LogP contribution in [-0.4, -0.2) is 26.6 Å². The maximum absolute atomic E-state index is 12.8. The molecule has 3 aromatic rings. The number of benzene rings is 2. The fourth-order valence-corrected chi connectivity index (χ4v) is 3.17. The normalized spacial score (nSPS) is 17.8. The Labute approximate surface area is 162 Å². The van der Waals surface area contributed by atoms with E-state index in [9.17, 15) is 9.59 Å². The zero-order chi connectivity index (χ0) is 19.7. The Morgan fingerprint density at radius 1 is 1.11 bits per heavy atom. The predicted molar refractivity (Wildman–Crippen MR) is 106 cm³/mol. The summed E-state index contributed by atoms with van der Waals surface area (Å²) in [4.78, 5) is 24.9. The molecule has 1 aromatic heterocycles. The van der Waals surface area contributed by atoms with Gasteiger partial charge >= 0.3 is 0 Å². The summed E-state index contributed by atoms with van der Waals surface area (Å²) in [6.07, 6.45) is 2.53. The lowest BCUT2D eigenvalue weighted by atomic mass is 10.1. The molecule has 1 saturated carbocycles. The lowest BCUT2D eigenvalue weighted by Gasteiger charge is -2.13. The van der Waals surface area contributed by atoms with Crippen molar-refractivity contribution in [2.45, 2.75) is 20.3 Å². The summed E-state index contributed by atoms with van der Waals surface area (Å²) in [7, 11) is 0. The first-order valence-corrected chi connectivity index (χ1v) is 9.21. The van der Waals surface area contributed by atoms with Gasteiger partial charge in [-0.1, -0.05) is 25.1 Å². The lowest BCUT2D eigenvalue weighted by Crippen LogP contribution is -2.16. The molecule has 28 heavy (non-hydrogen) atoms. The van der Waals surface area contributed by atoms with Crippen molar-refractivity contribution in [3.05, 3.63) is 66.2 Å². The molecule has 142 valence electrons. The van der Waals surface area contributed by atoms with Crippen LogP contribution in [0.1, 0.15) is 29.5 Å². The molecule has 2 aromatic carbocycles. The molecule has 2 amide bonds. The number of aromatic nitrogens is 3. The van der Waals surface area contributed by atoms with E-state index in [0.717, 1.165) is 17.9 Å². The minimum absolute atomic E-state index is 0.0125. The van der Waals surface area contributed by atoms with Crippen LogP contribution in [-0.2, 0) is 4.79 Å². The number of anilines is 2. The van der Waals surface area contributed by atoms with Gasteiger partial charge in [-0.05, 0) is 49.6 Å². The standard InChI is InChI=1S/C21H21N5O2/c1-13-10-17(13)21(28)23-16-7-5-6-15(11-16)20(27)24-18-8-3-4-9-19(18)26-12-22-25-14(26)2/h3-9,11-13,17H,10H2,1-2H3,(H,23,28)(H,24,27). The third-order valence-electron chi connectivity index (χ3n) is 4.97. The number of carbonyl (C=O) groups is 2. The van der Waals surface area contributed by atoms with Crippen LogP contribution in [0.3, 0.4) is 0 Å². The van der Waals surface area contributed by atoms with Crippen LogP contribution >= 0.6 is 0 Å². The van der Waals surface area contributed by atoms with Crippen LogP contribution in [0.25, 0.3) is 5.69 Å². The first-order valence-electron chi connectivity index (χ1n) is 9.21. The molecule has 1 heterocycles. The molecular formula is C21H21N5O2. The molecule has 7 heteroatoms. The van der Waals surface area contributed by atoms with Crippen molar-refractivity contribution in [1.82, 2.24) is 14.8 Å². The van der Waals surface area contributed by atoms with E-state index >= 15 is 0 Å². The van der Waals surface area contributed by atoms with Crippen molar-refractivity contribution in [3.8, 4) is 5.69 Å². The maximum Gasteiger partial charge on any atom is 0.255 e. The first kappa shape index (κ1) is 17.9. The highest BCUT2D eigenvalue weighted by Crippen LogP contribution is 2.38. The van der Waals surface area contributed by atoms with Crippen molar-refractivity contribution in [3.63, 3.8) is 0 Å². The molecule has 1 aliphatic carbocycles. The van der Waals surface area contributed by atoms with Gasteiger partial charge in [0.05, 0.1) is 11.4 Å². The highest BCUT2D eigenvalue weighted by atomic mass is 16.2. The summed E-state index contributed by atoms with van der Waals surface area (Å²) in [6.45, 7) is 3.90. The van der Waals surface area contributed by atoms with E-state index in [-0.39, 0.29) is 17.7 Å². The molecule has 1 aliphatic rings. The molecule has 1 fully saturated rings. The molecule has 0 spiro atoms. The Hall–Kier alpha value is -3.48. The van der Waals surface area contributed by atoms with Gasteiger partial charge in [-0.3, -0.25) is 14.2 Å². The average molecular weight is 375 g/mol. The zero-order valence-corrected chi connectivity index (χ0v) is 15.7. The summed E-state index contributed by atoms with van der Waals surface area (Å²) in [5.74, 6) is 0.994. The number of hydrogen-bond donors (Lipinski definition) is 2. The monoisotopic (exact) mass is 375 g/mol. The Morgan fingerprint density at radius 2 is 1.89 bits per heavy atom. The Kier molecular flexibility index (Phi) is 4.65. The summed E-state index contributed by atoms with van der Waals surface area (Å²) in [6, 6.07) is 14.4. The third-order valence-corrected chi connectivity index (χ3v) is 4.97. The van der Waals surface area contributed by atoms with Crippen LogP contribution < -0.4 is 10.6 Å². The molecular weight excluding hydrogens is 354 g/mol. The summed E-state index contributed by atoms with van der Waals surface area (Å²) >= 11 is 0. The van der Waals surface area contributed by atoms with E-state index in [1.165, 1.54) is 0 Å².